The number of carbonyl (C=O) groups excluding carboxylic acids is 2. The number of anilines is 3. The van der Waals surface area contributed by atoms with Gasteiger partial charge in [0.05, 0.1) is 22.5 Å². The smallest absolute Gasteiger partial charge is 0.397 e. The van der Waals surface area contributed by atoms with Gasteiger partial charge in [-0.1, -0.05) is 6.07 Å². The van der Waals surface area contributed by atoms with Crippen molar-refractivity contribution in [1.82, 2.24) is 0 Å². The standard InChI is InChI=1S/C17H13F6N3O2/c1-8-2-3-13(12(24)4-8)26-15(28)14(27)25-11-6-9(16(18,19)20)5-10(7-11)17(21,22)23/h2-7H,24H2,1H3,(H,25,27)(H,26,28). The van der Waals surface area contributed by atoms with Gasteiger partial charge < -0.3 is 16.4 Å². The van der Waals surface area contributed by atoms with E-state index < -0.39 is 41.0 Å². The molecule has 28 heavy (non-hydrogen) atoms. The van der Waals surface area contributed by atoms with Crippen LogP contribution in [-0.4, -0.2) is 11.8 Å². The fourth-order valence-electron chi connectivity index (χ4n) is 2.19. The summed E-state index contributed by atoms with van der Waals surface area (Å²) in [4.78, 5) is 23.8. The Labute approximate surface area is 154 Å². The molecule has 2 aromatic rings. The number of rotatable bonds is 2. The minimum atomic E-state index is -5.08. The molecule has 5 nitrogen and oxygen atoms in total. The highest BCUT2D eigenvalue weighted by molar-refractivity contribution is 6.43. The lowest BCUT2D eigenvalue weighted by molar-refractivity contribution is -0.143. The fourth-order valence-corrected chi connectivity index (χ4v) is 2.19. The third-order valence-corrected chi connectivity index (χ3v) is 3.51. The van der Waals surface area contributed by atoms with Crippen LogP contribution in [0.15, 0.2) is 36.4 Å². The fraction of sp³-hybridized carbons (Fsp3) is 0.176. The molecule has 0 aliphatic heterocycles. The van der Waals surface area contributed by atoms with Gasteiger partial charge in [0, 0.05) is 5.69 Å². The van der Waals surface area contributed by atoms with Crippen molar-refractivity contribution >= 4 is 28.9 Å². The number of hydrogen-bond donors (Lipinski definition) is 3. The van der Waals surface area contributed by atoms with Crippen LogP contribution in [0.3, 0.4) is 0 Å². The molecule has 2 amide bonds. The summed E-state index contributed by atoms with van der Waals surface area (Å²) in [5.74, 6) is -2.78. The van der Waals surface area contributed by atoms with Gasteiger partial charge in [0.2, 0.25) is 0 Å². The van der Waals surface area contributed by atoms with Crippen molar-refractivity contribution in [1.29, 1.82) is 0 Å². The SMILES string of the molecule is Cc1ccc(NC(=O)C(=O)Nc2cc(C(F)(F)F)cc(C(F)(F)F)c2)c(N)c1. The van der Waals surface area contributed by atoms with Crippen LogP contribution in [0.1, 0.15) is 16.7 Å². The summed E-state index contributed by atoms with van der Waals surface area (Å²) in [6, 6.07) is 4.95. The molecule has 0 aliphatic rings. The number of nitrogen functional groups attached to an aromatic ring is 1. The number of amides is 2. The van der Waals surface area contributed by atoms with Crippen molar-refractivity contribution < 1.29 is 35.9 Å². The number of nitrogens with two attached hydrogens (primary N) is 1. The molecule has 0 bridgehead atoms. The van der Waals surface area contributed by atoms with Crippen LogP contribution in [-0.2, 0) is 21.9 Å². The normalized spacial score (nSPS) is 11.8. The second kappa shape index (κ2) is 7.41. The van der Waals surface area contributed by atoms with Crippen LogP contribution >= 0.6 is 0 Å². The average molecular weight is 405 g/mol. The van der Waals surface area contributed by atoms with Gasteiger partial charge >= 0.3 is 24.2 Å². The summed E-state index contributed by atoms with van der Waals surface area (Å²) < 4.78 is 76.9. The number of carbonyl (C=O) groups is 2. The predicted octanol–water partition coefficient (Wildman–Crippen LogP) is 4.19. The minimum Gasteiger partial charge on any atom is -0.397 e. The first kappa shape index (κ1) is 21.1. The zero-order valence-corrected chi connectivity index (χ0v) is 14.1. The molecular formula is C17H13F6N3O2. The molecule has 0 spiro atoms. The molecule has 11 heteroatoms. The Bertz CT molecular complexity index is 890. The monoisotopic (exact) mass is 405 g/mol. The van der Waals surface area contributed by atoms with E-state index in [0.29, 0.717) is 12.1 Å². The lowest BCUT2D eigenvalue weighted by Gasteiger charge is -2.15. The molecule has 2 rings (SSSR count). The first-order valence-electron chi connectivity index (χ1n) is 7.55. The van der Waals surface area contributed by atoms with Gasteiger partial charge in [0.15, 0.2) is 0 Å². The number of benzene rings is 2. The summed E-state index contributed by atoms with van der Waals surface area (Å²) in [5.41, 5.74) is 2.53. The highest BCUT2D eigenvalue weighted by Crippen LogP contribution is 2.37. The van der Waals surface area contributed by atoms with Gasteiger partial charge in [0.1, 0.15) is 0 Å². The third-order valence-electron chi connectivity index (χ3n) is 3.51. The van der Waals surface area contributed by atoms with Crippen molar-refractivity contribution in [2.24, 2.45) is 0 Å². The quantitative estimate of drug-likeness (QED) is 0.398. The summed E-state index contributed by atoms with van der Waals surface area (Å²) >= 11 is 0. The Morgan fingerprint density at radius 3 is 1.79 bits per heavy atom. The molecule has 0 aromatic heterocycles. The van der Waals surface area contributed by atoms with E-state index in [1.807, 2.05) is 0 Å². The van der Waals surface area contributed by atoms with Crippen molar-refractivity contribution in [2.75, 3.05) is 16.4 Å². The number of halogens is 6. The molecule has 0 unspecified atom stereocenters. The molecule has 0 saturated heterocycles. The molecule has 0 aliphatic carbocycles. The minimum absolute atomic E-state index is 0.0609. The molecule has 4 N–H and O–H groups in total. The molecule has 0 heterocycles. The zero-order valence-electron chi connectivity index (χ0n) is 14.1. The van der Waals surface area contributed by atoms with Gasteiger partial charge in [-0.2, -0.15) is 26.3 Å². The van der Waals surface area contributed by atoms with Crippen LogP contribution < -0.4 is 16.4 Å². The van der Waals surface area contributed by atoms with Gasteiger partial charge in [-0.3, -0.25) is 9.59 Å². The van der Waals surface area contributed by atoms with E-state index >= 15 is 0 Å². The maximum atomic E-state index is 12.8. The van der Waals surface area contributed by atoms with Gasteiger partial charge in [-0.15, -0.1) is 0 Å². The predicted molar refractivity (Wildman–Crippen MR) is 89.3 cm³/mol. The Morgan fingerprint density at radius 1 is 0.821 bits per heavy atom. The van der Waals surface area contributed by atoms with Crippen LogP contribution in [0, 0.1) is 6.92 Å². The Kier molecular flexibility index (Phi) is 5.57. The molecule has 0 radical (unpaired) electrons. The van der Waals surface area contributed by atoms with E-state index in [0.717, 1.165) is 5.56 Å². The van der Waals surface area contributed by atoms with Crippen LogP contribution in [0.25, 0.3) is 0 Å². The van der Waals surface area contributed by atoms with E-state index in [2.05, 4.69) is 5.32 Å². The Balaban J connectivity index is 2.26. The average Bonchev–Trinajstić information content (AvgIpc) is 2.55. The van der Waals surface area contributed by atoms with Crippen LogP contribution in [0.5, 0.6) is 0 Å². The number of aryl methyl sites for hydroxylation is 1. The first-order valence-corrected chi connectivity index (χ1v) is 7.55. The molecule has 0 fully saturated rings. The highest BCUT2D eigenvalue weighted by Gasteiger charge is 2.37. The molecular weight excluding hydrogens is 392 g/mol. The van der Waals surface area contributed by atoms with Gasteiger partial charge in [-0.05, 0) is 42.8 Å². The summed E-state index contributed by atoms with van der Waals surface area (Å²) in [7, 11) is 0. The third kappa shape index (κ3) is 5.15. The number of nitrogens with one attached hydrogen (secondary N) is 2. The summed E-state index contributed by atoms with van der Waals surface area (Å²) in [5, 5.41) is 3.85. The Morgan fingerprint density at radius 2 is 1.32 bits per heavy atom. The van der Waals surface area contributed by atoms with E-state index in [1.54, 1.807) is 18.3 Å². The van der Waals surface area contributed by atoms with Crippen molar-refractivity contribution in [3.63, 3.8) is 0 Å². The zero-order chi connectivity index (χ0) is 21.3. The largest absolute Gasteiger partial charge is 0.416 e. The maximum Gasteiger partial charge on any atom is 0.416 e. The van der Waals surface area contributed by atoms with E-state index in [9.17, 15) is 35.9 Å². The lowest BCUT2D eigenvalue weighted by Crippen LogP contribution is -2.29. The van der Waals surface area contributed by atoms with E-state index in [4.69, 9.17) is 5.73 Å². The van der Waals surface area contributed by atoms with E-state index in [-0.39, 0.29) is 17.4 Å². The number of alkyl halides is 6. The van der Waals surface area contributed by atoms with Crippen molar-refractivity contribution in [3.05, 3.63) is 53.1 Å². The van der Waals surface area contributed by atoms with E-state index in [1.165, 1.54) is 12.1 Å². The second-order valence-corrected chi connectivity index (χ2v) is 5.79. The molecule has 0 atom stereocenters. The summed E-state index contributed by atoms with van der Waals surface area (Å²) in [6.45, 7) is 1.72. The van der Waals surface area contributed by atoms with Gasteiger partial charge in [-0.25, -0.2) is 0 Å². The highest BCUT2D eigenvalue weighted by atomic mass is 19.4. The lowest BCUT2D eigenvalue weighted by atomic mass is 10.1. The number of hydrogen-bond acceptors (Lipinski definition) is 3. The van der Waals surface area contributed by atoms with Crippen LogP contribution in [0.4, 0.5) is 43.4 Å². The summed E-state index contributed by atoms with van der Waals surface area (Å²) in [6.07, 6.45) is -10.2. The molecule has 2 aromatic carbocycles. The first-order chi connectivity index (χ1) is 12.8. The maximum absolute atomic E-state index is 12.8. The second-order valence-electron chi connectivity index (χ2n) is 5.79. The Hall–Kier alpha value is -3.24. The topological polar surface area (TPSA) is 84.2 Å². The van der Waals surface area contributed by atoms with Crippen molar-refractivity contribution in [3.8, 4) is 0 Å². The van der Waals surface area contributed by atoms with Gasteiger partial charge in [0.25, 0.3) is 0 Å². The molecule has 0 saturated carbocycles. The molecule has 150 valence electrons. The van der Waals surface area contributed by atoms with Crippen molar-refractivity contribution in [2.45, 2.75) is 19.3 Å². The van der Waals surface area contributed by atoms with Crippen LogP contribution in [0.2, 0.25) is 0 Å².